The maximum Gasteiger partial charge on any atom is 0.168 e. The van der Waals surface area contributed by atoms with Crippen LogP contribution >= 0.6 is 12.2 Å². The summed E-state index contributed by atoms with van der Waals surface area (Å²) in [5.41, 5.74) is 6.74. The van der Waals surface area contributed by atoms with Crippen LogP contribution < -0.4 is 15.8 Å². The summed E-state index contributed by atoms with van der Waals surface area (Å²) in [6, 6.07) is 5.30. The number of hydrogen-bond acceptors (Lipinski definition) is 2. The number of ether oxygens (including phenoxy) is 1. The summed E-state index contributed by atoms with van der Waals surface area (Å²) in [5.74, 6) is 3.16. The molecule has 1 aromatic carbocycles. The van der Waals surface area contributed by atoms with Crippen LogP contribution in [0.4, 0.5) is 5.69 Å². The van der Waals surface area contributed by atoms with Crippen molar-refractivity contribution in [1.29, 1.82) is 0 Å². The normalized spacial score (nSPS) is 8.86. The van der Waals surface area contributed by atoms with E-state index in [-0.39, 0.29) is 5.11 Å². The highest BCUT2D eigenvalue weighted by molar-refractivity contribution is 7.80. The first kappa shape index (κ1) is 10.4. The van der Waals surface area contributed by atoms with Crippen LogP contribution in [0.5, 0.6) is 5.75 Å². The fraction of sp³-hybridized carbons (Fsp3) is 0.100. The molecule has 0 radical (unpaired) electrons. The van der Waals surface area contributed by atoms with E-state index in [0.717, 1.165) is 5.69 Å². The average Bonchev–Trinajstić information content (AvgIpc) is 2.16. The van der Waals surface area contributed by atoms with E-state index in [9.17, 15) is 0 Å². The zero-order valence-corrected chi connectivity index (χ0v) is 8.52. The minimum absolute atomic E-state index is 0.207. The van der Waals surface area contributed by atoms with Crippen molar-refractivity contribution in [3.63, 3.8) is 0 Å². The summed E-state index contributed by atoms with van der Waals surface area (Å²) in [4.78, 5) is 0. The molecule has 0 unspecified atom stereocenters. The standard InChI is InChI=1S/C10H10N2OS/c1-3-7-6-8(12-10(11)14)4-5-9(7)13-2/h1,4-6H,2H3,(H3,11,12,14). The second-order valence-corrected chi connectivity index (χ2v) is 2.99. The molecule has 0 aliphatic carbocycles. The number of anilines is 1. The third-order valence-electron chi connectivity index (χ3n) is 1.62. The average molecular weight is 206 g/mol. The predicted octanol–water partition coefficient (Wildman–Crippen LogP) is 1.33. The molecule has 1 rings (SSSR count). The Morgan fingerprint density at radius 3 is 2.86 bits per heavy atom. The van der Waals surface area contributed by atoms with Crippen molar-refractivity contribution in [1.82, 2.24) is 0 Å². The van der Waals surface area contributed by atoms with Crippen LogP contribution in [0.25, 0.3) is 0 Å². The van der Waals surface area contributed by atoms with E-state index < -0.39 is 0 Å². The zero-order valence-electron chi connectivity index (χ0n) is 7.70. The molecular formula is C10H10N2OS. The molecular weight excluding hydrogens is 196 g/mol. The van der Waals surface area contributed by atoms with Crippen molar-refractivity contribution in [2.24, 2.45) is 5.73 Å². The molecule has 0 fully saturated rings. The Labute approximate surface area is 88.3 Å². The zero-order chi connectivity index (χ0) is 10.6. The van der Waals surface area contributed by atoms with E-state index in [1.807, 2.05) is 0 Å². The summed E-state index contributed by atoms with van der Waals surface area (Å²) in [6.07, 6.45) is 5.30. The molecule has 72 valence electrons. The summed E-state index contributed by atoms with van der Waals surface area (Å²) < 4.78 is 5.06. The number of benzene rings is 1. The van der Waals surface area contributed by atoms with Gasteiger partial charge in [-0.05, 0) is 30.4 Å². The molecule has 0 heterocycles. The topological polar surface area (TPSA) is 47.3 Å². The Balaban J connectivity index is 3.03. The van der Waals surface area contributed by atoms with Crippen LogP contribution in [0.3, 0.4) is 0 Å². The van der Waals surface area contributed by atoms with Gasteiger partial charge in [0.15, 0.2) is 5.11 Å². The molecule has 0 saturated carbocycles. The number of hydrogen-bond donors (Lipinski definition) is 2. The largest absolute Gasteiger partial charge is 0.495 e. The predicted molar refractivity (Wildman–Crippen MR) is 61.3 cm³/mol. The second-order valence-electron chi connectivity index (χ2n) is 2.55. The third kappa shape index (κ3) is 2.38. The van der Waals surface area contributed by atoms with Crippen molar-refractivity contribution in [2.75, 3.05) is 12.4 Å². The molecule has 4 heteroatoms. The highest BCUT2D eigenvalue weighted by atomic mass is 32.1. The molecule has 0 aliphatic rings. The van der Waals surface area contributed by atoms with E-state index >= 15 is 0 Å². The minimum atomic E-state index is 0.207. The van der Waals surface area contributed by atoms with Crippen molar-refractivity contribution in [3.05, 3.63) is 23.8 Å². The van der Waals surface area contributed by atoms with Gasteiger partial charge in [0.1, 0.15) is 5.75 Å². The van der Waals surface area contributed by atoms with E-state index in [0.29, 0.717) is 11.3 Å². The molecule has 14 heavy (non-hydrogen) atoms. The SMILES string of the molecule is C#Cc1cc(NC(N)=S)ccc1OC. The smallest absolute Gasteiger partial charge is 0.168 e. The summed E-state index contributed by atoms with van der Waals surface area (Å²) in [5, 5.41) is 3.00. The van der Waals surface area contributed by atoms with Crippen LogP contribution in [-0.4, -0.2) is 12.2 Å². The molecule has 1 aromatic rings. The minimum Gasteiger partial charge on any atom is -0.495 e. The van der Waals surface area contributed by atoms with E-state index in [1.54, 1.807) is 25.3 Å². The molecule has 0 spiro atoms. The van der Waals surface area contributed by atoms with Gasteiger partial charge < -0.3 is 15.8 Å². The lowest BCUT2D eigenvalue weighted by molar-refractivity contribution is 0.413. The Kier molecular flexibility index (Phi) is 3.32. The fourth-order valence-electron chi connectivity index (χ4n) is 1.04. The number of nitrogens with two attached hydrogens (primary N) is 1. The van der Waals surface area contributed by atoms with Gasteiger partial charge in [0.25, 0.3) is 0 Å². The lowest BCUT2D eigenvalue weighted by Gasteiger charge is -2.07. The fourth-order valence-corrected chi connectivity index (χ4v) is 1.16. The third-order valence-corrected chi connectivity index (χ3v) is 1.72. The van der Waals surface area contributed by atoms with Crippen LogP contribution in [0.1, 0.15) is 5.56 Å². The number of nitrogens with one attached hydrogen (secondary N) is 1. The Bertz CT molecular complexity index is 396. The van der Waals surface area contributed by atoms with E-state index in [2.05, 4.69) is 11.2 Å². The van der Waals surface area contributed by atoms with Gasteiger partial charge in [-0.2, -0.15) is 0 Å². The summed E-state index contributed by atoms with van der Waals surface area (Å²) in [7, 11) is 1.57. The first-order chi connectivity index (χ1) is 6.67. The van der Waals surface area contributed by atoms with Gasteiger partial charge in [0.05, 0.1) is 12.7 Å². The lowest BCUT2D eigenvalue weighted by Crippen LogP contribution is -2.18. The van der Waals surface area contributed by atoms with Gasteiger partial charge in [0.2, 0.25) is 0 Å². The highest BCUT2D eigenvalue weighted by Gasteiger charge is 2.01. The lowest BCUT2D eigenvalue weighted by atomic mass is 10.2. The van der Waals surface area contributed by atoms with Crippen molar-refractivity contribution >= 4 is 23.0 Å². The Morgan fingerprint density at radius 2 is 2.36 bits per heavy atom. The number of thiocarbonyl (C=S) groups is 1. The molecule has 0 aromatic heterocycles. The number of rotatable bonds is 2. The first-order valence-corrected chi connectivity index (χ1v) is 4.29. The molecule has 0 atom stereocenters. The van der Waals surface area contributed by atoms with Gasteiger partial charge >= 0.3 is 0 Å². The van der Waals surface area contributed by atoms with Crippen LogP contribution in [-0.2, 0) is 0 Å². The maximum absolute atomic E-state index is 5.32. The monoisotopic (exact) mass is 206 g/mol. The first-order valence-electron chi connectivity index (χ1n) is 3.88. The summed E-state index contributed by atoms with van der Waals surface area (Å²) in [6.45, 7) is 0. The van der Waals surface area contributed by atoms with Gasteiger partial charge in [-0.15, -0.1) is 6.42 Å². The van der Waals surface area contributed by atoms with Crippen molar-refractivity contribution in [3.8, 4) is 18.1 Å². The van der Waals surface area contributed by atoms with Crippen LogP contribution in [0.2, 0.25) is 0 Å². The van der Waals surface area contributed by atoms with Crippen LogP contribution in [0.15, 0.2) is 18.2 Å². The van der Waals surface area contributed by atoms with Gasteiger partial charge in [-0.1, -0.05) is 5.92 Å². The second kappa shape index (κ2) is 4.49. The molecule has 0 bridgehead atoms. The molecule has 0 aliphatic heterocycles. The van der Waals surface area contributed by atoms with E-state index in [1.165, 1.54) is 0 Å². The van der Waals surface area contributed by atoms with Crippen molar-refractivity contribution < 1.29 is 4.74 Å². The van der Waals surface area contributed by atoms with Crippen molar-refractivity contribution in [2.45, 2.75) is 0 Å². The van der Waals surface area contributed by atoms with Gasteiger partial charge in [0, 0.05) is 5.69 Å². The molecule has 0 saturated heterocycles. The highest BCUT2D eigenvalue weighted by Crippen LogP contribution is 2.21. The van der Waals surface area contributed by atoms with Gasteiger partial charge in [-0.3, -0.25) is 0 Å². The van der Waals surface area contributed by atoms with Gasteiger partial charge in [-0.25, -0.2) is 0 Å². The maximum atomic E-state index is 5.32. The van der Waals surface area contributed by atoms with E-state index in [4.69, 9.17) is 29.1 Å². The molecule has 3 N–H and O–H groups in total. The quantitative estimate of drug-likeness (QED) is 0.566. The Morgan fingerprint density at radius 1 is 1.64 bits per heavy atom. The van der Waals surface area contributed by atoms with Crippen LogP contribution in [0, 0.1) is 12.3 Å². The summed E-state index contributed by atoms with van der Waals surface area (Å²) >= 11 is 4.70. The Hall–Kier alpha value is -1.73. The number of methoxy groups -OCH3 is 1. The molecule has 3 nitrogen and oxygen atoms in total. The number of terminal acetylenes is 1. The molecule has 0 amide bonds.